The molecule has 1 rings (SSSR count). The minimum atomic E-state index is -2.86. The lowest BCUT2D eigenvalue weighted by atomic mass is 9.86. The van der Waals surface area contributed by atoms with E-state index in [1.165, 1.54) is 25.5 Å². The summed E-state index contributed by atoms with van der Waals surface area (Å²) >= 11 is 0. The van der Waals surface area contributed by atoms with Gasteiger partial charge in [0.25, 0.3) is 0 Å². The fourth-order valence-electron chi connectivity index (χ4n) is 1.51. The van der Waals surface area contributed by atoms with Crippen molar-refractivity contribution in [3.8, 4) is 0 Å². The van der Waals surface area contributed by atoms with Crippen LogP contribution in [0.3, 0.4) is 0 Å². The van der Waals surface area contributed by atoms with Gasteiger partial charge in [-0.15, -0.1) is 0 Å². The van der Waals surface area contributed by atoms with E-state index in [9.17, 15) is 8.42 Å². The normalized spacial score (nSPS) is 18.2. The van der Waals surface area contributed by atoms with Crippen LogP contribution in [-0.4, -0.2) is 39.5 Å². The first kappa shape index (κ1) is 13.3. The summed E-state index contributed by atoms with van der Waals surface area (Å²) in [5.41, 5.74) is 5.64. The van der Waals surface area contributed by atoms with Gasteiger partial charge in [0.15, 0.2) is 5.96 Å². The molecule has 0 aromatic rings. The molecule has 0 radical (unpaired) electrons. The van der Waals surface area contributed by atoms with E-state index in [4.69, 9.17) is 5.73 Å². The quantitative estimate of drug-likeness (QED) is 0.397. The van der Waals surface area contributed by atoms with Crippen molar-refractivity contribution in [2.45, 2.75) is 25.7 Å². The summed E-state index contributed by atoms with van der Waals surface area (Å²) in [6, 6.07) is 0. The van der Waals surface area contributed by atoms with Gasteiger partial charge in [-0.05, 0) is 25.2 Å². The summed E-state index contributed by atoms with van der Waals surface area (Å²) in [5.74, 6) is 1.33. The second kappa shape index (κ2) is 6.08. The van der Waals surface area contributed by atoms with Crippen LogP contribution in [0.2, 0.25) is 0 Å². The SMILES string of the molecule is CS(=O)(=O)CCCNC(N)=NCC1CCC1. The van der Waals surface area contributed by atoms with E-state index in [1.807, 2.05) is 0 Å². The molecular weight excluding hydrogens is 226 g/mol. The van der Waals surface area contributed by atoms with Gasteiger partial charge in [0.2, 0.25) is 0 Å². The van der Waals surface area contributed by atoms with Crippen molar-refractivity contribution >= 4 is 15.8 Å². The van der Waals surface area contributed by atoms with Crippen molar-refractivity contribution in [2.24, 2.45) is 16.6 Å². The minimum absolute atomic E-state index is 0.190. The molecule has 16 heavy (non-hydrogen) atoms. The first-order valence-corrected chi connectivity index (χ1v) is 7.75. The summed E-state index contributed by atoms with van der Waals surface area (Å²) in [6.45, 7) is 1.36. The van der Waals surface area contributed by atoms with Crippen molar-refractivity contribution in [1.82, 2.24) is 5.32 Å². The average molecular weight is 247 g/mol. The van der Waals surface area contributed by atoms with Gasteiger partial charge in [-0.2, -0.15) is 0 Å². The first-order valence-electron chi connectivity index (χ1n) is 5.69. The molecule has 0 spiro atoms. The molecule has 0 atom stereocenters. The zero-order chi connectivity index (χ0) is 12.0. The second-order valence-corrected chi connectivity index (χ2v) is 6.69. The van der Waals surface area contributed by atoms with Crippen LogP contribution >= 0.6 is 0 Å². The van der Waals surface area contributed by atoms with Crippen molar-refractivity contribution in [1.29, 1.82) is 0 Å². The van der Waals surface area contributed by atoms with Gasteiger partial charge in [-0.1, -0.05) is 6.42 Å². The van der Waals surface area contributed by atoms with Crippen LogP contribution in [0.15, 0.2) is 4.99 Å². The maximum Gasteiger partial charge on any atom is 0.188 e. The highest BCUT2D eigenvalue weighted by Crippen LogP contribution is 2.26. The second-order valence-electron chi connectivity index (χ2n) is 4.43. The van der Waals surface area contributed by atoms with Gasteiger partial charge in [0.05, 0.1) is 5.75 Å². The monoisotopic (exact) mass is 247 g/mol. The fraction of sp³-hybridized carbons (Fsp3) is 0.900. The first-order chi connectivity index (χ1) is 7.47. The molecule has 0 bridgehead atoms. The lowest BCUT2D eigenvalue weighted by Gasteiger charge is -2.23. The van der Waals surface area contributed by atoms with Crippen LogP contribution in [0.1, 0.15) is 25.7 Å². The van der Waals surface area contributed by atoms with Gasteiger partial charge >= 0.3 is 0 Å². The van der Waals surface area contributed by atoms with Crippen LogP contribution in [-0.2, 0) is 9.84 Å². The highest BCUT2D eigenvalue weighted by atomic mass is 32.2. The summed E-state index contributed by atoms with van der Waals surface area (Å²) in [6.07, 6.45) is 5.62. The van der Waals surface area contributed by atoms with Crippen LogP contribution in [0.4, 0.5) is 0 Å². The maximum atomic E-state index is 10.8. The largest absolute Gasteiger partial charge is 0.370 e. The lowest BCUT2D eigenvalue weighted by Crippen LogP contribution is -2.34. The number of aliphatic imine (C=N–C) groups is 1. The minimum Gasteiger partial charge on any atom is -0.370 e. The predicted molar refractivity (Wildman–Crippen MR) is 66.2 cm³/mol. The molecular formula is C10H21N3O2S. The van der Waals surface area contributed by atoms with E-state index in [0.29, 0.717) is 24.8 Å². The van der Waals surface area contributed by atoms with Gasteiger partial charge in [-0.25, -0.2) is 8.42 Å². The third-order valence-electron chi connectivity index (χ3n) is 2.74. The molecule has 0 aromatic heterocycles. The summed E-state index contributed by atoms with van der Waals surface area (Å²) in [4.78, 5) is 4.21. The topological polar surface area (TPSA) is 84.5 Å². The summed E-state index contributed by atoms with van der Waals surface area (Å²) in [7, 11) is -2.86. The van der Waals surface area contributed by atoms with E-state index in [0.717, 1.165) is 6.54 Å². The third kappa shape index (κ3) is 5.95. The third-order valence-corrected chi connectivity index (χ3v) is 3.77. The number of hydrogen-bond donors (Lipinski definition) is 2. The summed E-state index contributed by atoms with van der Waals surface area (Å²) in [5, 5.41) is 2.92. The van der Waals surface area contributed by atoms with Crippen LogP contribution in [0, 0.1) is 5.92 Å². The molecule has 0 amide bonds. The number of hydrogen-bond acceptors (Lipinski definition) is 3. The van der Waals surface area contributed by atoms with E-state index in [-0.39, 0.29) is 5.75 Å². The average Bonchev–Trinajstić information content (AvgIpc) is 2.08. The van der Waals surface area contributed by atoms with E-state index in [1.54, 1.807) is 0 Å². The Labute approximate surface area is 97.4 Å². The zero-order valence-corrected chi connectivity index (χ0v) is 10.6. The molecule has 94 valence electrons. The Balaban J connectivity index is 2.07. The van der Waals surface area contributed by atoms with Gasteiger partial charge in [0.1, 0.15) is 9.84 Å². The van der Waals surface area contributed by atoms with Crippen LogP contribution < -0.4 is 11.1 Å². The number of rotatable bonds is 6. The Morgan fingerprint density at radius 1 is 1.50 bits per heavy atom. The molecule has 3 N–H and O–H groups in total. The molecule has 1 saturated carbocycles. The number of nitrogens with two attached hydrogens (primary N) is 1. The molecule has 0 saturated heterocycles. The van der Waals surface area contributed by atoms with Crippen LogP contribution in [0.5, 0.6) is 0 Å². The number of nitrogens with zero attached hydrogens (tertiary/aromatic N) is 1. The van der Waals surface area contributed by atoms with E-state index < -0.39 is 9.84 Å². The molecule has 6 heteroatoms. The smallest absolute Gasteiger partial charge is 0.188 e. The van der Waals surface area contributed by atoms with Crippen molar-refractivity contribution < 1.29 is 8.42 Å². The molecule has 0 aromatic carbocycles. The Morgan fingerprint density at radius 2 is 2.19 bits per heavy atom. The molecule has 0 aliphatic heterocycles. The molecule has 0 heterocycles. The lowest BCUT2D eigenvalue weighted by molar-refractivity contribution is 0.326. The van der Waals surface area contributed by atoms with Crippen LogP contribution in [0.25, 0.3) is 0 Å². The Bertz CT molecular complexity index is 334. The van der Waals surface area contributed by atoms with Crippen molar-refractivity contribution in [3.05, 3.63) is 0 Å². The molecule has 1 aliphatic carbocycles. The number of sulfone groups is 1. The summed E-state index contributed by atoms with van der Waals surface area (Å²) < 4.78 is 21.7. The maximum absolute atomic E-state index is 10.8. The predicted octanol–water partition coefficient (Wildman–Crippen LogP) is 0.126. The molecule has 1 fully saturated rings. The molecule has 0 unspecified atom stereocenters. The van der Waals surface area contributed by atoms with Gasteiger partial charge in [-0.3, -0.25) is 4.99 Å². The van der Waals surface area contributed by atoms with Gasteiger partial charge < -0.3 is 11.1 Å². The van der Waals surface area contributed by atoms with Crippen molar-refractivity contribution in [3.63, 3.8) is 0 Å². The highest BCUT2D eigenvalue weighted by molar-refractivity contribution is 7.90. The molecule has 5 nitrogen and oxygen atoms in total. The van der Waals surface area contributed by atoms with Gasteiger partial charge in [0, 0.05) is 19.3 Å². The Hall–Kier alpha value is -0.780. The zero-order valence-electron chi connectivity index (χ0n) is 9.78. The molecule has 1 aliphatic rings. The van der Waals surface area contributed by atoms with E-state index >= 15 is 0 Å². The standard InChI is InChI=1S/C10H21N3O2S/c1-16(14,15)7-3-6-12-10(11)13-8-9-4-2-5-9/h9H,2-8H2,1H3,(H3,11,12,13). The fourth-order valence-corrected chi connectivity index (χ4v) is 2.18. The van der Waals surface area contributed by atoms with E-state index in [2.05, 4.69) is 10.3 Å². The highest BCUT2D eigenvalue weighted by Gasteiger charge is 2.16. The number of nitrogens with one attached hydrogen (secondary N) is 1. The van der Waals surface area contributed by atoms with Crippen molar-refractivity contribution in [2.75, 3.05) is 25.1 Å². The Kier molecular flexibility index (Phi) is 5.05. The Morgan fingerprint density at radius 3 is 2.69 bits per heavy atom. The number of guanidine groups is 1.